The SMILES string of the molecule is C[C@@H](C(=O)N1CCC[C@@H](Nc2ccc(N(C)C)nc2)CC1)n1cncn1. The summed E-state index contributed by atoms with van der Waals surface area (Å²) in [6, 6.07) is 4.10. The number of pyridine rings is 1. The minimum absolute atomic E-state index is 0.105. The van der Waals surface area contributed by atoms with E-state index in [0.29, 0.717) is 6.04 Å². The van der Waals surface area contributed by atoms with E-state index in [1.54, 1.807) is 11.0 Å². The molecule has 140 valence electrons. The molecule has 8 nitrogen and oxygen atoms in total. The molecule has 0 saturated carbocycles. The van der Waals surface area contributed by atoms with Crippen LogP contribution < -0.4 is 10.2 Å². The molecular formula is C18H27N7O. The molecular weight excluding hydrogens is 330 g/mol. The summed E-state index contributed by atoms with van der Waals surface area (Å²) in [6.45, 7) is 3.40. The van der Waals surface area contributed by atoms with Crippen molar-refractivity contribution in [3.8, 4) is 0 Å². The Morgan fingerprint density at radius 1 is 1.31 bits per heavy atom. The summed E-state index contributed by atoms with van der Waals surface area (Å²) in [4.78, 5) is 25.0. The molecule has 2 aromatic heterocycles. The van der Waals surface area contributed by atoms with Crippen LogP contribution in [0.1, 0.15) is 32.2 Å². The Morgan fingerprint density at radius 3 is 2.81 bits per heavy atom. The van der Waals surface area contributed by atoms with Crippen LogP contribution in [-0.2, 0) is 4.79 Å². The molecule has 0 spiro atoms. The minimum atomic E-state index is -0.315. The van der Waals surface area contributed by atoms with Crippen molar-refractivity contribution < 1.29 is 4.79 Å². The van der Waals surface area contributed by atoms with Gasteiger partial charge in [0.1, 0.15) is 24.5 Å². The Bertz CT molecular complexity index is 699. The van der Waals surface area contributed by atoms with E-state index in [1.807, 2.05) is 43.1 Å². The molecule has 3 rings (SSSR count). The highest BCUT2D eigenvalue weighted by Gasteiger charge is 2.25. The Labute approximate surface area is 154 Å². The van der Waals surface area contributed by atoms with Gasteiger partial charge in [0, 0.05) is 33.2 Å². The Kier molecular flexibility index (Phi) is 5.70. The summed E-state index contributed by atoms with van der Waals surface area (Å²) >= 11 is 0. The van der Waals surface area contributed by atoms with Gasteiger partial charge in [-0.15, -0.1) is 0 Å². The molecule has 2 aromatic rings. The number of rotatable bonds is 5. The molecule has 0 aromatic carbocycles. The molecule has 0 aliphatic carbocycles. The lowest BCUT2D eigenvalue weighted by atomic mass is 10.1. The Hall–Kier alpha value is -2.64. The van der Waals surface area contributed by atoms with Crippen molar-refractivity contribution in [2.24, 2.45) is 0 Å². The van der Waals surface area contributed by atoms with E-state index in [9.17, 15) is 4.79 Å². The summed E-state index contributed by atoms with van der Waals surface area (Å²) in [5, 5.41) is 7.64. The summed E-state index contributed by atoms with van der Waals surface area (Å²) in [7, 11) is 3.96. The van der Waals surface area contributed by atoms with E-state index in [4.69, 9.17) is 0 Å². The second-order valence-corrected chi connectivity index (χ2v) is 6.95. The number of anilines is 2. The lowest BCUT2D eigenvalue weighted by Gasteiger charge is -2.24. The summed E-state index contributed by atoms with van der Waals surface area (Å²) in [5.74, 6) is 1.04. The second kappa shape index (κ2) is 8.16. The zero-order valence-electron chi connectivity index (χ0n) is 15.7. The van der Waals surface area contributed by atoms with Crippen molar-refractivity contribution >= 4 is 17.4 Å². The van der Waals surface area contributed by atoms with Crippen LogP contribution >= 0.6 is 0 Å². The first-order chi connectivity index (χ1) is 12.5. The average molecular weight is 357 g/mol. The molecule has 8 heteroatoms. The van der Waals surface area contributed by atoms with Gasteiger partial charge in [0.15, 0.2) is 0 Å². The molecule has 0 bridgehead atoms. The third-order valence-corrected chi connectivity index (χ3v) is 4.81. The lowest BCUT2D eigenvalue weighted by molar-refractivity contribution is -0.134. The highest BCUT2D eigenvalue weighted by molar-refractivity contribution is 5.80. The number of nitrogens with zero attached hydrogens (tertiary/aromatic N) is 6. The Morgan fingerprint density at radius 2 is 2.15 bits per heavy atom. The van der Waals surface area contributed by atoms with Gasteiger partial charge in [-0.1, -0.05) is 0 Å². The number of hydrogen-bond donors (Lipinski definition) is 1. The van der Waals surface area contributed by atoms with Crippen LogP contribution in [0.3, 0.4) is 0 Å². The number of likely N-dealkylation sites (tertiary alicyclic amines) is 1. The van der Waals surface area contributed by atoms with Gasteiger partial charge >= 0.3 is 0 Å². The highest BCUT2D eigenvalue weighted by Crippen LogP contribution is 2.20. The van der Waals surface area contributed by atoms with Crippen LogP contribution in [-0.4, -0.2) is 63.8 Å². The lowest BCUT2D eigenvalue weighted by Crippen LogP contribution is -2.37. The fraction of sp³-hybridized carbons (Fsp3) is 0.556. The van der Waals surface area contributed by atoms with Crippen LogP contribution in [0.5, 0.6) is 0 Å². The number of amides is 1. The number of hydrogen-bond acceptors (Lipinski definition) is 6. The zero-order valence-corrected chi connectivity index (χ0v) is 15.7. The molecule has 0 unspecified atom stereocenters. The third kappa shape index (κ3) is 4.30. The molecule has 1 N–H and O–H groups in total. The standard InChI is InChI=1S/C18H27N7O/c1-14(25-13-19-12-21-25)18(26)24-9-4-5-15(8-10-24)22-16-6-7-17(20-11-16)23(2)3/h6-7,11-15,22H,4-5,8-10H2,1-3H3/t14-,15+/m0/s1. The minimum Gasteiger partial charge on any atom is -0.381 e. The van der Waals surface area contributed by atoms with Gasteiger partial charge in [-0.3, -0.25) is 4.79 Å². The van der Waals surface area contributed by atoms with Gasteiger partial charge in [0.25, 0.3) is 0 Å². The van der Waals surface area contributed by atoms with Gasteiger partial charge in [-0.05, 0) is 38.3 Å². The fourth-order valence-corrected chi connectivity index (χ4v) is 3.23. The molecule has 2 atom stereocenters. The quantitative estimate of drug-likeness (QED) is 0.879. The molecule has 26 heavy (non-hydrogen) atoms. The topological polar surface area (TPSA) is 79.2 Å². The van der Waals surface area contributed by atoms with E-state index in [0.717, 1.165) is 43.9 Å². The van der Waals surface area contributed by atoms with Gasteiger partial charge in [-0.2, -0.15) is 5.10 Å². The predicted octanol–water partition coefficient (Wildman–Crippen LogP) is 1.79. The predicted molar refractivity (Wildman–Crippen MR) is 101 cm³/mol. The molecule has 1 amide bonds. The van der Waals surface area contributed by atoms with Gasteiger partial charge in [0.05, 0.1) is 11.9 Å². The van der Waals surface area contributed by atoms with Gasteiger partial charge < -0.3 is 15.1 Å². The second-order valence-electron chi connectivity index (χ2n) is 6.95. The monoisotopic (exact) mass is 357 g/mol. The zero-order chi connectivity index (χ0) is 18.5. The normalized spacial score (nSPS) is 18.9. The number of carbonyl (C=O) groups is 1. The van der Waals surface area contributed by atoms with Crippen molar-refractivity contribution in [2.75, 3.05) is 37.4 Å². The average Bonchev–Trinajstić information content (AvgIpc) is 3.08. The molecule has 3 heterocycles. The van der Waals surface area contributed by atoms with Crippen LogP contribution in [0.2, 0.25) is 0 Å². The van der Waals surface area contributed by atoms with Crippen LogP contribution in [0.4, 0.5) is 11.5 Å². The van der Waals surface area contributed by atoms with E-state index in [-0.39, 0.29) is 11.9 Å². The smallest absolute Gasteiger partial charge is 0.247 e. The van der Waals surface area contributed by atoms with Crippen LogP contribution in [0, 0.1) is 0 Å². The first-order valence-electron chi connectivity index (χ1n) is 9.07. The largest absolute Gasteiger partial charge is 0.381 e. The summed E-state index contributed by atoms with van der Waals surface area (Å²) in [6.07, 6.45) is 7.87. The van der Waals surface area contributed by atoms with Crippen LogP contribution in [0.25, 0.3) is 0 Å². The maximum Gasteiger partial charge on any atom is 0.247 e. The van der Waals surface area contributed by atoms with Crippen molar-refractivity contribution in [1.82, 2.24) is 24.6 Å². The molecule has 1 aliphatic heterocycles. The van der Waals surface area contributed by atoms with Gasteiger partial charge in [0.2, 0.25) is 5.91 Å². The fourth-order valence-electron chi connectivity index (χ4n) is 3.23. The highest BCUT2D eigenvalue weighted by atomic mass is 16.2. The molecule has 1 aliphatic rings. The van der Waals surface area contributed by atoms with Crippen LogP contribution in [0.15, 0.2) is 31.0 Å². The summed E-state index contributed by atoms with van der Waals surface area (Å²) < 4.78 is 1.61. The first-order valence-corrected chi connectivity index (χ1v) is 9.07. The van der Waals surface area contributed by atoms with E-state index in [2.05, 4.69) is 26.4 Å². The Balaban J connectivity index is 1.55. The molecule has 0 radical (unpaired) electrons. The maximum absolute atomic E-state index is 12.7. The van der Waals surface area contributed by atoms with Crippen molar-refractivity contribution in [1.29, 1.82) is 0 Å². The van der Waals surface area contributed by atoms with Gasteiger partial charge in [-0.25, -0.2) is 14.6 Å². The number of nitrogens with one attached hydrogen (secondary N) is 1. The summed E-state index contributed by atoms with van der Waals surface area (Å²) in [5.41, 5.74) is 1.02. The maximum atomic E-state index is 12.7. The van der Waals surface area contributed by atoms with E-state index < -0.39 is 0 Å². The third-order valence-electron chi connectivity index (χ3n) is 4.81. The molecule has 1 saturated heterocycles. The van der Waals surface area contributed by atoms with Crippen molar-refractivity contribution in [3.63, 3.8) is 0 Å². The van der Waals surface area contributed by atoms with Crippen molar-refractivity contribution in [2.45, 2.75) is 38.3 Å². The van der Waals surface area contributed by atoms with E-state index in [1.165, 1.54) is 6.33 Å². The number of carbonyl (C=O) groups excluding carboxylic acids is 1. The number of aromatic nitrogens is 4. The van der Waals surface area contributed by atoms with E-state index >= 15 is 0 Å². The first kappa shape index (κ1) is 18.2. The molecule has 1 fully saturated rings. The van der Waals surface area contributed by atoms with Crippen molar-refractivity contribution in [3.05, 3.63) is 31.0 Å².